The molecule has 1 aliphatic rings. The summed E-state index contributed by atoms with van der Waals surface area (Å²) in [5.74, 6) is -2.75. The Morgan fingerprint density at radius 1 is 1.00 bits per heavy atom. The lowest BCUT2D eigenvalue weighted by molar-refractivity contribution is -0.137. The first kappa shape index (κ1) is 31.2. The van der Waals surface area contributed by atoms with Gasteiger partial charge >= 0.3 is 6.18 Å². The lowest BCUT2D eigenvalue weighted by Gasteiger charge is -2.38. The second kappa shape index (κ2) is 12.8. The third-order valence-electron chi connectivity index (χ3n) is 7.52. The average molecular weight is 620 g/mol. The highest BCUT2D eigenvalue weighted by Gasteiger charge is 2.46. The van der Waals surface area contributed by atoms with Gasteiger partial charge in [-0.25, -0.2) is 9.07 Å². The normalized spacial score (nSPS) is 16.5. The summed E-state index contributed by atoms with van der Waals surface area (Å²) in [6.07, 6.45) is -1.56. The highest BCUT2D eigenvalue weighted by Crippen LogP contribution is 2.44. The molecule has 8 nitrogen and oxygen atoms in total. The summed E-state index contributed by atoms with van der Waals surface area (Å²) in [6, 6.07) is 17.1. The number of nitrogens with one attached hydrogen (secondary N) is 2. The lowest BCUT2D eigenvalue weighted by Crippen LogP contribution is -2.55. The number of carbonyl (C=O) groups is 3. The number of fused-ring (bicyclic) bond motifs is 1. The summed E-state index contributed by atoms with van der Waals surface area (Å²) in [5, 5.41) is 10.0. The number of likely N-dealkylation sites (N-methyl/N-ethyl adjacent to an activating group) is 2. The number of rotatable bonds is 8. The van der Waals surface area contributed by atoms with E-state index in [4.69, 9.17) is 5.10 Å². The average Bonchev–Trinajstić information content (AvgIpc) is 3.40. The molecule has 1 aromatic heterocycles. The molecule has 4 aromatic rings. The van der Waals surface area contributed by atoms with Crippen LogP contribution in [-0.2, 0) is 22.2 Å². The summed E-state index contributed by atoms with van der Waals surface area (Å²) < 4.78 is 56.0. The number of alkyl halides is 3. The molecule has 1 aliphatic heterocycles. The number of allylic oxidation sites excluding steroid dienone is 1. The van der Waals surface area contributed by atoms with E-state index in [1.54, 1.807) is 17.7 Å². The van der Waals surface area contributed by atoms with Crippen molar-refractivity contribution in [3.63, 3.8) is 0 Å². The Kier molecular flexibility index (Phi) is 8.84. The van der Waals surface area contributed by atoms with E-state index in [0.29, 0.717) is 28.3 Å². The molecular weight excluding hydrogens is 590 g/mol. The lowest BCUT2D eigenvalue weighted by atomic mass is 9.80. The zero-order valence-corrected chi connectivity index (χ0v) is 24.3. The van der Waals surface area contributed by atoms with Crippen molar-refractivity contribution in [3.8, 4) is 5.69 Å². The Bertz CT molecular complexity index is 1750. The Morgan fingerprint density at radius 3 is 2.36 bits per heavy atom. The number of amides is 3. The van der Waals surface area contributed by atoms with E-state index >= 15 is 0 Å². The molecule has 0 spiro atoms. The molecule has 2 heterocycles. The van der Waals surface area contributed by atoms with E-state index in [-0.39, 0.29) is 24.4 Å². The van der Waals surface area contributed by atoms with E-state index in [1.165, 1.54) is 48.4 Å². The van der Waals surface area contributed by atoms with Crippen molar-refractivity contribution >= 4 is 23.5 Å². The third kappa shape index (κ3) is 6.35. The van der Waals surface area contributed by atoms with Gasteiger partial charge in [-0.1, -0.05) is 42.5 Å². The number of hydrogen-bond acceptors (Lipinski definition) is 4. The molecule has 12 heteroatoms. The van der Waals surface area contributed by atoms with Crippen LogP contribution < -0.4 is 15.5 Å². The van der Waals surface area contributed by atoms with Crippen molar-refractivity contribution in [1.82, 2.24) is 20.4 Å². The van der Waals surface area contributed by atoms with E-state index < -0.39 is 41.3 Å². The van der Waals surface area contributed by atoms with Crippen molar-refractivity contribution in [2.45, 2.75) is 31.5 Å². The second-order valence-electron chi connectivity index (χ2n) is 10.3. The molecule has 0 radical (unpaired) electrons. The van der Waals surface area contributed by atoms with Gasteiger partial charge < -0.3 is 10.6 Å². The minimum Gasteiger partial charge on any atom is -0.356 e. The molecule has 2 atom stereocenters. The minimum absolute atomic E-state index is 0.160. The van der Waals surface area contributed by atoms with Gasteiger partial charge in [0.2, 0.25) is 5.91 Å². The van der Waals surface area contributed by atoms with Crippen LogP contribution in [-0.4, -0.2) is 47.1 Å². The number of halogens is 4. The molecule has 232 valence electrons. The number of aromatic nitrogens is 2. The predicted octanol–water partition coefficient (Wildman–Crippen LogP) is 5.17. The molecule has 2 N–H and O–H groups in total. The summed E-state index contributed by atoms with van der Waals surface area (Å²) in [5.41, 5.74) is 0.853. The largest absolute Gasteiger partial charge is 0.416 e. The van der Waals surface area contributed by atoms with Crippen molar-refractivity contribution in [1.29, 1.82) is 0 Å². The van der Waals surface area contributed by atoms with Crippen LogP contribution in [0.2, 0.25) is 0 Å². The number of anilines is 1. The smallest absolute Gasteiger partial charge is 0.356 e. The molecule has 0 saturated heterocycles. The van der Waals surface area contributed by atoms with E-state index in [0.717, 1.165) is 18.2 Å². The molecule has 0 aliphatic carbocycles. The maximum Gasteiger partial charge on any atom is 0.416 e. The van der Waals surface area contributed by atoms with Crippen molar-refractivity contribution in [2.24, 2.45) is 0 Å². The summed E-state index contributed by atoms with van der Waals surface area (Å²) in [7, 11) is 1.49. The van der Waals surface area contributed by atoms with E-state index in [1.807, 2.05) is 30.3 Å². The molecule has 45 heavy (non-hydrogen) atoms. The standard InChI is InChI=1S/C33H29F4N5O3/c1-3-41-31-28(25(13-8-14-26(43)38-2)40-42(31)24-11-5-4-6-12-24)27(20-15-17-23(34)18-16-20)29(32(41)45)39-30(44)21-9-7-10-22(19-21)33(35,36)37/h4-12,14-19,27,29H,3,13H2,1-2H3,(H,38,43)(H,39,44)/b14-8+. The van der Waals surface area contributed by atoms with Gasteiger partial charge in [0.05, 0.1) is 16.9 Å². The van der Waals surface area contributed by atoms with Gasteiger partial charge in [-0.2, -0.15) is 18.3 Å². The molecule has 3 aromatic carbocycles. The monoisotopic (exact) mass is 619 g/mol. The number of hydrogen-bond donors (Lipinski definition) is 2. The molecule has 0 fully saturated rings. The van der Waals surface area contributed by atoms with Crippen LogP contribution in [0.5, 0.6) is 0 Å². The Balaban J connectivity index is 1.70. The topological polar surface area (TPSA) is 96.3 Å². The van der Waals surface area contributed by atoms with Gasteiger partial charge in [0.15, 0.2) is 0 Å². The van der Waals surface area contributed by atoms with Gasteiger partial charge in [0, 0.05) is 37.1 Å². The van der Waals surface area contributed by atoms with E-state index in [9.17, 15) is 31.9 Å². The minimum atomic E-state index is -4.68. The highest BCUT2D eigenvalue weighted by atomic mass is 19.4. The zero-order chi connectivity index (χ0) is 32.3. The fourth-order valence-electron chi connectivity index (χ4n) is 5.43. The molecule has 0 saturated carbocycles. The van der Waals surface area contributed by atoms with Crippen LogP contribution >= 0.6 is 0 Å². The van der Waals surface area contributed by atoms with Crippen molar-refractivity contribution in [2.75, 3.05) is 18.5 Å². The number of carbonyl (C=O) groups excluding carboxylic acids is 3. The summed E-state index contributed by atoms with van der Waals surface area (Å²) in [4.78, 5) is 41.1. The van der Waals surface area contributed by atoms with Gasteiger partial charge in [-0.05, 0) is 61.0 Å². The first-order chi connectivity index (χ1) is 21.5. The third-order valence-corrected chi connectivity index (χ3v) is 7.52. The quantitative estimate of drug-likeness (QED) is 0.210. The van der Waals surface area contributed by atoms with Gasteiger partial charge in [-0.3, -0.25) is 19.3 Å². The van der Waals surface area contributed by atoms with Crippen LogP contribution in [0.25, 0.3) is 5.69 Å². The van der Waals surface area contributed by atoms with Crippen LogP contribution in [0.3, 0.4) is 0 Å². The van der Waals surface area contributed by atoms with Gasteiger partial charge in [0.1, 0.15) is 17.7 Å². The fraction of sp³-hybridized carbons (Fsp3) is 0.212. The molecule has 2 unspecified atom stereocenters. The maximum absolute atomic E-state index is 14.2. The van der Waals surface area contributed by atoms with Crippen LogP contribution in [0.1, 0.15) is 45.6 Å². The molecule has 3 amide bonds. The SMILES string of the molecule is CCN1C(=O)C(NC(=O)c2cccc(C(F)(F)F)c2)C(c2ccc(F)cc2)c2c(C/C=C/C(=O)NC)nn(-c3ccccc3)c21. The highest BCUT2D eigenvalue weighted by molar-refractivity contribution is 6.05. The summed E-state index contributed by atoms with van der Waals surface area (Å²) in [6.45, 7) is 1.92. The second-order valence-corrected chi connectivity index (χ2v) is 10.3. The maximum atomic E-state index is 14.2. The van der Waals surface area contributed by atoms with E-state index in [2.05, 4.69) is 10.6 Å². The first-order valence-electron chi connectivity index (χ1n) is 14.1. The number of benzene rings is 3. The molecule has 5 rings (SSSR count). The Hall–Kier alpha value is -5.26. The Labute approximate surface area is 256 Å². The molecular formula is C33H29F4N5O3. The van der Waals surface area contributed by atoms with Gasteiger partial charge in [0.25, 0.3) is 11.8 Å². The van der Waals surface area contributed by atoms with Crippen molar-refractivity contribution < 1.29 is 31.9 Å². The Morgan fingerprint density at radius 2 is 1.71 bits per heavy atom. The van der Waals surface area contributed by atoms with Crippen molar-refractivity contribution in [3.05, 3.63) is 125 Å². The number of nitrogens with zero attached hydrogens (tertiary/aromatic N) is 3. The fourth-order valence-corrected chi connectivity index (χ4v) is 5.43. The predicted molar refractivity (Wildman–Crippen MR) is 159 cm³/mol. The van der Waals surface area contributed by atoms with Crippen LogP contribution in [0.4, 0.5) is 23.4 Å². The number of para-hydroxylation sites is 1. The van der Waals surface area contributed by atoms with Crippen LogP contribution in [0.15, 0.2) is 91.0 Å². The van der Waals surface area contributed by atoms with Crippen LogP contribution in [0, 0.1) is 5.82 Å². The van der Waals surface area contributed by atoms with Gasteiger partial charge in [-0.15, -0.1) is 0 Å². The first-order valence-corrected chi connectivity index (χ1v) is 14.1. The molecule has 0 bridgehead atoms. The zero-order valence-electron chi connectivity index (χ0n) is 24.3. The summed E-state index contributed by atoms with van der Waals surface area (Å²) >= 11 is 0.